The van der Waals surface area contributed by atoms with Crippen LogP contribution in [0.3, 0.4) is 0 Å². The first-order valence-electron chi connectivity index (χ1n) is 9.92. The molecule has 0 fully saturated rings. The second-order valence-electron chi connectivity index (χ2n) is 7.16. The molecule has 0 saturated carbocycles. The third kappa shape index (κ3) is 4.75. The number of nitrogens with zero attached hydrogens (tertiary/aromatic N) is 3. The minimum atomic E-state index is -0.405. The minimum absolute atomic E-state index is 0.152. The Labute approximate surface area is 171 Å². The third-order valence-corrected chi connectivity index (χ3v) is 4.79. The molecule has 150 valence electrons. The van der Waals surface area contributed by atoms with Crippen molar-refractivity contribution in [2.24, 2.45) is 0 Å². The van der Waals surface area contributed by atoms with Crippen molar-refractivity contribution in [2.75, 3.05) is 6.54 Å². The topological polar surface area (TPSA) is 79.9 Å². The number of benzene rings is 1. The molecule has 2 aromatic heterocycles. The first kappa shape index (κ1) is 20.4. The maximum Gasteiger partial charge on any atom is 0.407 e. The zero-order valence-electron chi connectivity index (χ0n) is 17.1. The highest BCUT2D eigenvalue weighted by Gasteiger charge is 2.17. The summed E-state index contributed by atoms with van der Waals surface area (Å²) in [5.74, 6) is 0. The lowest BCUT2D eigenvalue weighted by atomic mass is 10.0. The largest absolute Gasteiger partial charge is 0.447 e. The highest BCUT2D eigenvalue weighted by Crippen LogP contribution is 2.29. The van der Waals surface area contributed by atoms with Crippen LogP contribution in [-0.4, -0.2) is 28.3 Å². The van der Waals surface area contributed by atoms with E-state index < -0.39 is 6.09 Å². The van der Waals surface area contributed by atoms with Crippen LogP contribution >= 0.6 is 0 Å². The number of hydrogen-bond donors (Lipinski definition) is 1. The summed E-state index contributed by atoms with van der Waals surface area (Å²) in [4.78, 5) is 16.3. The standard InChI is InChI=1S/C23H26N4O2/c1-4-19-20-13-17(14-24)8-9-21(20)27(15-18-7-5-6-11-25-18)22(19)10-12-26-23(28)29-16(2)3/h5-9,11,13,16H,4,10,12,15H2,1-3H3,(H,26,28). The summed E-state index contributed by atoms with van der Waals surface area (Å²) < 4.78 is 7.40. The van der Waals surface area contributed by atoms with Gasteiger partial charge in [-0.3, -0.25) is 4.98 Å². The number of alkyl carbamates (subject to hydrolysis) is 1. The number of carbonyl (C=O) groups is 1. The SMILES string of the molecule is CCc1c(CCNC(=O)OC(C)C)n(Cc2ccccn2)c2ccc(C#N)cc12. The van der Waals surface area contributed by atoms with E-state index in [1.807, 2.05) is 50.2 Å². The number of fused-ring (bicyclic) bond motifs is 1. The summed E-state index contributed by atoms with van der Waals surface area (Å²) in [6.07, 6.45) is 2.74. The van der Waals surface area contributed by atoms with E-state index in [0.29, 0.717) is 25.1 Å². The molecule has 3 aromatic rings. The van der Waals surface area contributed by atoms with Crippen LogP contribution in [0, 0.1) is 11.3 Å². The molecule has 0 atom stereocenters. The fourth-order valence-electron chi connectivity index (χ4n) is 3.60. The van der Waals surface area contributed by atoms with Gasteiger partial charge in [-0.15, -0.1) is 0 Å². The van der Waals surface area contributed by atoms with Crippen molar-refractivity contribution in [3.8, 4) is 6.07 Å². The number of aryl methyl sites for hydroxylation is 1. The summed E-state index contributed by atoms with van der Waals surface area (Å²) in [5, 5.41) is 13.2. The quantitative estimate of drug-likeness (QED) is 0.656. The van der Waals surface area contributed by atoms with Gasteiger partial charge in [0.1, 0.15) is 0 Å². The molecule has 0 radical (unpaired) electrons. The van der Waals surface area contributed by atoms with Gasteiger partial charge in [-0.1, -0.05) is 13.0 Å². The van der Waals surface area contributed by atoms with Crippen molar-refractivity contribution in [1.82, 2.24) is 14.9 Å². The number of aromatic nitrogens is 2. The van der Waals surface area contributed by atoms with E-state index in [-0.39, 0.29) is 6.10 Å². The summed E-state index contributed by atoms with van der Waals surface area (Å²) in [7, 11) is 0. The molecule has 0 bridgehead atoms. The molecule has 6 heteroatoms. The zero-order valence-corrected chi connectivity index (χ0v) is 17.1. The van der Waals surface area contributed by atoms with E-state index in [2.05, 4.69) is 27.9 Å². The van der Waals surface area contributed by atoms with E-state index in [4.69, 9.17) is 4.74 Å². The number of hydrogen-bond acceptors (Lipinski definition) is 4. The van der Waals surface area contributed by atoms with Gasteiger partial charge in [0.2, 0.25) is 0 Å². The van der Waals surface area contributed by atoms with Crippen molar-refractivity contribution in [1.29, 1.82) is 5.26 Å². The Morgan fingerprint density at radius 3 is 2.79 bits per heavy atom. The van der Waals surface area contributed by atoms with Crippen molar-refractivity contribution < 1.29 is 9.53 Å². The molecule has 2 heterocycles. The smallest absolute Gasteiger partial charge is 0.407 e. The van der Waals surface area contributed by atoms with Crippen LogP contribution in [0.2, 0.25) is 0 Å². The maximum absolute atomic E-state index is 11.8. The minimum Gasteiger partial charge on any atom is -0.447 e. The fraction of sp³-hybridized carbons (Fsp3) is 0.348. The number of carbonyl (C=O) groups excluding carboxylic acids is 1. The molecular formula is C23H26N4O2. The molecule has 0 saturated heterocycles. The van der Waals surface area contributed by atoms with Gasteiger partial charge in [-0.2, -0.15) is 5.26 Å². The molecule has 3 rings (SSSR count). The first-order valence-corrected chi connectivity index (χ1v) is 9.92. The van der Waals surface area contributed by atoms with Crippen LogP contribution in [0.25, 0.3) is 10.9 Å². The molecule has 6 nitrogen and oxygen atoms in total. The lowest BCUT2D eigenvalue weighted by Crippen LogP contribution is -2.29. The van der Waals surface area contributed by atoms with Gasteiger partial charge >= 0.3 is 6.09 Å². The second-order valence-corrected chi connectivity index (χ2v) is 7.16. The van der Waals surface area contributed by atoms with Crippen molar-refractivity contribution in [2.45, 2.75) is 46.3 Å². The number of ether oxygens (including phenoxy) is 1. The first-order chi connectivity index (χ1) is 14.0. The monoisotopic (exact) mass is 390 g/mol. The highest BCUT2D eigenvalue weighted by molar-refractivity contribution is 5.87. The Bertz CT molecular complexity index is 1030. The van der Waals surface area contributed by atoms with Gasteiger partial charge in [0.05, 0.1) is 30.0 Å². The lowest BCUT2D eigenvalue weighted by Gasteiger charge is -2.13. The lowest BCUT2D eigenvalue weighted by molar-refractivity contribution is 0.116. The van der Waals surface area contributed by atoms with Crippen LogP contribution < -0.4 is 5.32 Å². The van der Waals surface area contributed by atoms with Crippen LogP contribution in [0.4, 0.5) is 4.79 Å². The number of nitrogens with one attached hydrogen (secondary N) is 1. The molecule has 0 aliphatic carbocycles. The van der Waals surface area contributed by atoms with Gasteiger partial charge in [-0.05, 0) is 56.2 Å². The van der Waals surface area contributed by atoms with Gasteiger partial charge < -0.3 is 14.6 Å². The molecule has 0 unspecified atom stereocenters. The average Bonchev–Trinajstić information content (AvgIpc) is 3.00. The summed E-state index contributed by atoms with van der Waals surface area (Å²) in [5.41, 5.74) is 5.03. The molecule has 0 aliphatic rings. The predicted octanol–water partition coefficient (Wildman–Crippen LogP) is 4.20. The molecule has 1 N–H and O–H groups in total. The molecular weight excluding hydrogens is 364 g/mol. The molecule has 29 heavy (non-hydrogen) atoms. The highest BCUT2D eigenvalue weighted by atomic mass is 16.6. The van der Waals surface area contributed by atoms with Gasteiger partial charge in [0.15, 0.2) is 0 Å². The van der Waals surface area contributed by atoms with Gasteiger partial charge in [0.25, 0.3) is 0 Å². The molecule has 0 spiro atoms. The second kappa shape index (κ2) is 9.24. The molecule has 0 aliphatic heterocycles. The third-order valence-electron chi connectivity index (χ3n) is 4.79. The summed E-state index contributed by atoms with van der Waals surface area (Å²) >= 11 is 0. The van der Waals surface area contributed by atoms with Crippen molar-refractivity contribution in [3.63, 3.8) is 0 Å². The van der Waals surface area contributed by atoms with Gasteiger partial charge in [-0.25, -0.2) is 4.79 Å². The number of amides is 1. The Morgan fingerprint density at radius 2 is 2.14 bits per heavy atom. The number of rotatable bonds is 7. The Morgan fingerprint density at radius 1 is 1.31 bits per heavy atom. The van der Waals surface area contributed by atoms with E-state index in [1.165, 1.54) is 5.56 Å². The van der Waals surface area contributed by atoms with E-state index >= 15 is 0 Å². The number of pyridine rings is 1. The van der Waals surface area contributed by atoms with Crippen molar-refractivity contribution >= 4 is 17.0 Å². The summed E-state index contributed by atoms with van der Waals surface area (Å²) in [6.45, 7) is 6.87. The predicted molar refractivity (Wildman–Crippen MR) is 113 cm³/mol. The fourth-order valence-corrected chi connectivity index (χ4v) is 3.60. The van der Waals surface area contributed by atoms with Crippen molar-refractivity contribution in [3.05, 3.63) is 65.1 Å². The van der Waals surface area contributed by atoms with Crippen LogP contribution in [0.5, 0.6) is 0 Å². The average molecular weight is 390 g/mol. The van der Waals surface area contributed by atoms with E-state index in [0.717, 1.165) is 28.7 Å². The van der Waals surface area contributed by atoms with E-state index in [1.54, 1.807) is 6.20 Å². The Kier molecular flexibility index (Phi) is 6.50. The molecule has 1 amide bonds. The Balaban J connectivity index is 1.97. The normalized spacial score (nSPS) is 10.9. The Hall–Kier alpha value is -3.33. The number of nitriles is 1. The molecule has 1 aromatic carbocycles. The van der Waals surface area contributed by atoms with Crippen LogP contribution in [0.15, 0.2) is 42.6 Å². The zero-order chi connectivity index (χ0) is 20.8. The van der Waals surface area contributed by atoms with Crippen LogP contribution in [0.1, 0.15) is 43.3 Å². The van der Waals surface area contributed by atoms with Crippen LogP contribution in [-0.2, 0) is 24.1 Å². The van der Waals surface area contributed by atoms with E-state index in [9.17, 15) is 10.1 Å². The van der Waals surface area contributed by atoms with Gasteiger partial charge in [0, 0.05) is 35.8 Å². The maximum atomic E-state index is 11.8. The summed E-state index contributed by atoms with van der Waals surface area (Å²) in [6, 6.07) is 13.9.